The van der Waals surface area contributed by atoms with Gasteiger partial charge in [-0.05, 0) is 12.1 Å². The summed E-state index contributed by atoms with van der Waals surface area (Å²) in [5, 5.41) is 0.411. The first-order valence-corrected chi connectivity index (χ1v) is 8.35. The molecule has 0 aliphatic carbocycles. The normalized spacial score (nSPS) is 14.9. The number of nitrogens with zero attached hydrogens (tertiary/aromatic N) is 1. The molecule has 134 valence electrons. The summed E-state index contributed by atoms with van der Waals surface area (Å²) in [7, 11) is 0. The first kappa shape index (κ1) is 17.8. The highest BCUT2D eigenvalue weighted by Crippen LogP contribution is 2.39. The van der Waals surface area contributed by atoms with E-state index in [2.05, 4.69) is 0 Å². The Morgan fingerprint density at radius 2 is 2.16 bits per heavy atom. The Morgan fingerprint density at radius 1 is 1.40 bits per heavy atom. The molecule has 2 aromatic rings. The fraction of sp³-hybridized carbons (Fsp3) is 0.333. The molecule has 0 unspecified atom stereocenters. The Hall–Kier alpha value is -2.00. The number of carbonyl (C=O) groups is 2. The minimum atomic E-state index is -4.48. The zero-order valence-corrected chi connectivity index (χ0v) is 14.1. The number of benzene rings is 1. The highest BCUT2D eigenvalue weighted by atomic mass is 35.5. The molecule has 0 bridgehead atoms. The van der Waals surface area contributed by atoms with Crippen molar-refractivity contribution < 1.29 is 32.2 Å². The summed E-state index contributed by atoms with van der Waals surface area (Å²) < 4.78 is 48.3. The van der Waals surface area contributed by atoms with Crippen LogP contribution in [0.25, 0.3) is 10.1 Å². The van der Waals surface area contributed by atoms with Gasteiger partial charge < -0.3 is 14.4 Å². The minimum absolute atomic E-state index is 0.0278. The number of esters is 1. The highest BCUT2D eigenvalue weighted by molar-refractivity contribution is 7.21. The van der Waals surface area contributed by atoms with Crippen LogP contribution in [0.3, 0.4) is 0 Å². The van der Waals surface area contributed by atoms with E-state index in [-0.39, 0.29) is 34.4 Å². The average Bonchev–Trinajstić information content (AvgIpc) is 3.10. The van der Waals surface area contributed by atoms with Crippen molar-refractivity contribution in [2.75, 3.05) is 26.3 Å². The van der Waals surface area contributed by atoms with E-state index < -0.39 is 23.8 Å². The first-order valence-electron chi connectivity index (χ1n) is 7.15. The van der Waals surface area contributed by atoms with Crippen LogP contribution < -0.4 is 0 Å². The van der Waals surface area contributed by atoms with Crippen LogP contribution in [0.2, 0.25) is 5.02 Å². The molecule has 1 saturated heterocycles. The van der Waals surface area contributed by atoms with E-state index in [4.69, 9.17) is 21.1 Å². The molecular formula is C15H11ClF3NO4S. The summed E-state index contributed by atoms with van der Waals surface area (Å²) in [6, 6.07) is 3.09. The molecule has 2 heterocycles. The molecule has 0 saturated carbocycles. The lowest BCUT2D eigenvalue weighted by atomic mass is 10.1. The molecule has 1 aromatic heterocycles. The maximum absolute atomic E-state index is 12.8. The number of hydrogen-bond acceptors (Lipinski definition) is 5. The summed E-state index contributed by atoms with van der Waals surface area (Å²) in [5.74, 6) is -0.743. The molecule has 0 radical (unpaired) electrons. The molecule has 1 fully saturated rings. The Kier molecular flexibility index (Phi) is 4.79. The third-order valence-corrected chi connectivity index (χ3v) is 5.22. The molecule has 0 atom stereocenters. The van der Waals surface area contributed by atoms with E-state index in [1.54, 1.807) is 0 Å². The average molecular weight is 394 g/mol. The maximum Gasteiger partial charge on any atom is 0.416 e. The van der Waals surface area contributed by atoms with Gasteiger partial charge in [-0.1, -0.05) is 17.7 Å². The number of carbonyl (C=O) groups excluding carboxylic acids is 2. The van der Waals surface area contributed by atoms with Crippen LogP contribution >= 0.6 is 22.9 Å². The van der Waals surface area contributed by atoms with Gasteiger partial charge in [0.2, 0.25) is 0 Å². The van der Waals surface area contributed by atoms with Crippen LogP contribution in [0, 0.1) is 0 Å². The lowest BCUT2D eigenvalue weighted by Crippen LogP contribution is -2.28. The van der Waals surface area contributed by atoms with Gasteiger partial charge in [0.05, 0.1) is 23.7 Å². The van der Waals surface area contributed by atoms with Crippen molar-refractivity contribution in [2.45, 2.75) is 6.18 Å². The van der Waals surface area contributed by atoms with Crippen molar-refractivity contribution in [3.8, 4) is 0 Å². The van der Waals surface area contributed by atoms with E-state index in [0.717, 1.165) is 23.5 Å². The lowest BCUT2D eigenvalue weighted by Gasteiger charge is -2.12. The van der Waals surface area contributed by atoms with Gasteiger partial charge in [-0.3, -0.25) is 0 Å². The smallest absolute Gasteiger partial charge is 0.416 e. The second-order valence-corrected chi connectivity index (χ2v) is 6.62. The molecule has 5 nitrogen and oxygen atoms in total. The van der Waals surface area contributed by atoms with Gasteiger partial charge in [-0.25, -0.2) is 9.59 Å². The minimum Gasteiger partial charge on any atom is -0.460 e. The summed E-state index contributed by atoms with van der Waals surface area (Å²) in [4.78, 5) is 24.8. The fourth-order valence-electron chi connectivity index (χ4n) is 2.32. The van der Waals surface area contributed by atoms with Crippen LogP contribution in [0.4, 0.5) is 18.0 Å². The zero-order valence-electron chi connectivity index (χ0n) is 12.6. The standard InChI is InChI=1S/C15H11ClF3NO4S/c16-11-9-2-1-8(15(17,18)19)7-10(9)25-12(11)13(21)23-5-3-20-4-6-24-14(20)22/h1-2,7H,3-6H2. The lowest BCUT2D eigenvalue weighted by molar-refractivity contribution is -0.137. The number of hydrogen-bond donors (Lipinski definition) is 0. The van der Waals surface area contributed by atoms with Crippen LogP contribution in [-0.4, -0.2) is 43.3 Å². The van der Waals surface area contributed by atoms with E-state index in [1.165, 1.54) is 11.0 Å². The molecule has 1 aliphatic rings. The van der Waals surface area contributed by atoms with Crippen molar-refractivity contribution >= 4 is 45.1 Å². The summed E-state index contributed by atoms with van der Waals surface area (Å²) in [6.45, 7) is 0.814. The van der Waals surface area contributed by atoms with Gasteiger partial charge in [0.15, 0.2) is 0 Å². The van der Waals surface area contributed by atoms with E-state index in [1.807, 2.05) is 0 Å². The van der Waals surface area contributed by atoms with Crippen LogP contribution in [0.1, 0.15) is 15.2 Å². The quantitative estimate of drug-likeness (QED) is 0.731. The number of fused-ring (bicyclic) bond motifs is 1. The second-order valence-electron chi connectivity index (χ2n) is 5.19. The van der Waals surface area contributed by atoms with Crippen molar-refractivity contribution in [2.24, 2.45) is 0 Å². The van der Waals surface area contributed by atoms with Crippen molar-refractivity contribution in [1.82, 2.24) is 4.90 Å². The SMILES string of the molecule is O=C(OCCN1CCOC1=O)c1sc2cc(C(F)(F)F)ccc2c1Cl. The van der Waals surface area contributed by atoms with Crippen molar-refractivity contribution in [3.63, 3.8) is 0 Å². The Morgan fingerprint density at radius 3 is 2.80 bits per heavy atom. The summed E-state index contributed by atoms with van der Waals surface area (Å²) in [5.41, 5.74) is -0.814. The van der Waals surface area contributed by atoms with Gasteiger partial charge in [0.25, 0.3) is 0 Å². The topological polar surface area (TPSA) is 55.8 Å². The number of ether oxygens (including phenoxy) is 2. The predicted octanol–water partition coefficient (Wildman–Crippen LogP) is 4.18. The third-order valence-electron chi connectivity index (χ3n) is 3.58. The number of cyclic esters (lactones) is 1. The van der Waals surface area contributed by atoms with Crippen LogP contribution in [0.5, 0.6) is 0 Å². The fourth-order valence-corrected chi connectivity index (χ4v) is 3.76. The molecule has 1 aromatic carbocycles. The second kappa shape index (κ2) is 6.72. The zero-order chi connectivity index (χ0) is 18.2. The van der Waals surface area contributed by atoms with E-state index in [0.29, 0.717) is 11.9 Å². The van der Waals surface area contributed by atoms with E-state index in [9.17, 15) is 22.8 Å². The Bertz CT molecular complexity index is 836. The summed E-state index contributed by atoms with van der Waals surface area (Å²) in [6.07, 6.45) is -4.95. The number of amides is 1. The van der Waals surface area contributed by atoms with Gasteiger partial charge in [0, 0.05) is 10.1 Å². The molecule has 10 heteroatoms. The van der Waals surface area contributed by atoms with Crippen molar-refractivity contribution in [3.05, 3.63) is 33.7 Å². The van der Waals surface area contributed by atoms with Crippen LogP contribution in [0.15, 0.2) is 18.2 Å². The predicted molar refractivity (Wildman–Crippen MR) is 85.0 cm³/mol. The Labute approximate surface area is 148 Å². The molecule has 3 rings (SSSR count). The van der Waals surface area contributed by atoms with E-state index >= 15 is 0 Å². The third kappa shape index (κ3) is 3.67. The Balaban J connectivity index is 1.72. The first-order chi connectivity index (χ1) is 11.8. The summed E-state index contributed by atoms with van der Waals surface area (Å²) >= 11 is 6.93. The monoisotopic (exact) mass is 393 g/mol. The van der Waals surface area contributed by atoms with Crippen molar-refractivity contribution in [1.29, 1.82) is 0 Å². The van der Waals surface area contributed by atoms with Crippen LogP contribution in [-0.2, 0) is 15.7 Å². The molecule has 0 spiro atoms. The van der Waals surface area contributed by atoms with Gasteiger partial charge in [-0.15, -0.1) is 11.3 Å². The maximum atomic E-state index is 12.8. The number of thiophene rings is 1. The highest BCUT2D eigenvalue weighted by Gasteiger charge is 2.31. The molecule has 0 N–H and O–H groups in total. The molecular weight excluding hydrogens is 383 g/mol. The molecule has 1 amide bonds. The molecule has 1 aliphatic heterocycles. The number of halogens is 4. The van der Waals surface area contributed by atoms with Gasteiger partial charge in [0.1, 0.15) is 18.1 Å². The largest absolute Gasteiger partial charge is 0.460 e. The van der Waals surface area contributed by atoms with Gasteiger partial charge >= 0.3 is 18.2 Å². The number of alkyl halides is 3. The molecule has 25 heavy (non-hydrogen) atoms. The number of rotatable bonds is 4. The van der Waals surface area contributed by atoms with Gasteiger partial charge in [-0.2, -0.15) is 13.2 Å².